The molecule has 0 bridgehead atoms. The fourth-order valence-corrected chi connectivity index (χ4v) is 6.55. The summed E-state index contributed by atoms with van der Waals surface area (Å²) in [5, 5.41) is 11.3. The van der Waals surface area contributed by atoms with Gasteiger partial charge in [0.25, 0.3) is 5.69 Å². The van der Waals surface area contributed by atoms with Gasteiger partial charge in [0.05, 0.1) is 10.3 Å². The number of piperazine rings is 1. The zero-order chi connectivity index (χ0) is 23.6. The van der Waals surface area contributed by atoms with E-state index in [2.05, 4.69) is 0 Å². The number of carbonyl (C=O) groups excluding carboxylic acids is 1. The standard InChI is InChI=1S/C23H26FN3O5S/c24-19-8-6-7-18(17-19)23(11-4-1-5-12-23)22(28)25-13-15-26(16-14-25)33(31,32)21-10-3-2-9-20(21)27(29)30/h2-3,6-10,17H,1,4-5,11-16H2. The highest BCUT2D eigenvalue weighted by Crippen LogP contribution is 2.41. The number of hydrogen-bond donors (Lipinski definition) is 0. The third-order valence-electron chi connectivity index (χ3n) is 6.70. The summed E-state index contributed by atoms with van der Waals surface area (Å²) in [6, 6.07) is 11.5. The van der Waals surface area contributed by atoms with Crippen LogP contribution < -0.4 is 0 Å². The van der Waals surface area contributed by atoms with E-state index in [4.69, 9.17) is 0 Å². The zero-order valence-corrected chi connectivity index (χ0v) is 19.0. The number of benzene rings is 2. The van der Waals surface area contributed by atoms with Gasteiger partial charge in [0.1, 0.15) is 5.82 Å². The molecule has 1 amide bonds. The molecule has 1 aliphatic carbocycles. The summed E-state index contributed by atoms with van der Waals surface area (Å²) in [5.74, 6) is -0.485. The van der Waals surface area contributed by atoms with E-state index in [-0.39, 0.29) is 42.8 Å². The first-order chi connectivity index (χ1) is 15.8. The fraction of sp³-hybridized carbons (Fsp3) is 0.435. The van der Waals surface area contributed by atoms with Crippen LogP contribution in [0, 0.1) is 15.9 Å². The van der Waals surface area contributed by atoms with E-state index in [1.165, 1.54) is 40.7 Å². The molecule has 4 rings (SSSR count). The topological polar surface area (TPSA) is 101 Å². The van der Waals surface area contributed by atoms with Crippen molar-refractivity contribution in [3.63, 3.8) is 0 Å². The maximum Gasteiger partial charge on any atom is 0.289 e. The smallest absolute Gasteiger partial charge is 0.289 e. The van der Waals surface area contributed by atoms with Crippen LogP contribution in [0.4, 0.5) is 10.1 Å². The molecular weight excluding hydrogens is 449 g/mol. The predicted octanol–water partition coefficient (Wildman–Crippen LogP) is 3.47. The van der Waals surface area contributed by atoms with Crippen LogP contribution in [0.3, 0.4) is 0 Å². The first kappa shape index (κ1) is 23.3. The maximum atomic E-state index is 14.0. The molecule has 2 fully saturated rings. The van der Waals surface area contributed by atoms with Crippen LogP contribution in [-0.4, -0.2) is 54.6 Å². The Morgan fingerprint density at radius 2 is 1.64 bits per heavy atom. The third-order valence-corrected chi connectivity index (χ3v) is 8.65. The summed E-state index contributed by atoms with van der Waals surface area (Å²) in [6.07, 6.45) is 4.02. The van der Waals surface area contributed by atoms with Crippen molar-refractivity contribution in [3.05, 3.63) is 70.0 Å². The number of amides is 1. The van der Waals surface area contributed by atoms with E-state index in [1.54, 1.807) is 17.0 Å². The van der Waals surface area contributed by atoms with Gasteiger partial charge in [-0.2, -0.15) is 4.31 Å². The number of hydrogen-bond acceptors (Lipinski definition) is 5. The van der Waals surface area contributed by atoms with Gasteiger partial charge >= 0.3 is 0 Å². The Morgan fingerprint density at radius 1 is 0.970 bits per heavy atom. The lowest BCUT2D eigenvalue weighted by atomic mass is 9.68. The van der Waals surface area contributed by atoms with Crippen LogP contribution in [0.2, 0.25) is 0 Å². The first-order valence-corrected chi connectivity index (χ1v) is 12.5. The van der Waals surface area contributed by atoms with Crippen molar-refractivity contribution in [3.8, 4) is 0 Å². The molecule has 0 N–H and O–H groups in total. The second-order valence-corrected chi connectivity index (χ2v) is 10.5. The van der Waals surface area contributed by atoms with Crippen molar-refractivity contribution < 1.29 is 22.5 Å². The van der Waals surface area contributed by atoms with E-state index < -0.39 is 26.0 Å². The Bertz CT molecular complexity index is 1160. The second kappa shape index (κ2) is 9.18. The van der Waals surface area contributed by atoms with Crippen molar-refractivity contribution in [1.29, 1.82) is 0 Å². The van der Waals surface area contributed by atoms with Gasteiger partial charge in [-0.15, -0.1) is 0 Å². The molecule has 1 aliphatic heterocycles. The molecule has 0 radical (unpaired) electrons. The molecule has 1 saturated heterocycles. The molecule has 176 valence electrons. The lowest BCUT2D eigenvalue weighted by Crippen LogP contribution is -2.56. The van der Waals surface area contributed by atoms with Gasteiger partial charge in [-0.25, -0.2) is 12.8 Å². The third kappa shape index (κ3) is 4.37. The summed E-state index contributed by atoms with van der Waals surface area (Å²) in [7, 11) is -4.08. The molecule has 10 heteroatoms. The van der Waals surface area contributed by atoms with Crippen molar-refractivity contribution in [2.45, 2.75) is 42.4 Å². The monoisotopic (exact) mass is 475 g/mol. The highest BCUT2D eigenvalue weighted by molar-refractivity contribution is 7.89. The highest BCUT2D eigenvalue weighted by atomic mass is 32.2. The van der Waals surface area contributed by atoms with E-state index in [0.717, 1.165) is 19.3 Å². The van der Waals surface area contributed by atoms with E-state index in [9.17, 15) is 27.7 Å². The summed E-state index contributed by atoms with van der Waals surface area (Å²) < 4.78 is 41.4. The molecule has 1 saturated carbocycles. The summed E-state index contributed by atoms with van der Waals surface area (Å²) >= 11 is 0. The summed E-state index contributed by atoms with van der Waals surface area (Å²) in [4.78, 5) is 25.6. The zero-order valence-electron chi connectivity index (χ0n) is 18.2. The van der Waals surface area contributed by atoms with Gasteiger partial charge in [-0.05, 0) is 36.6 Å². The molecule has 8 nitrogen and oxygen atoms in total. The lowest BCUT2D eigenvalue weighted by molar-refractivity contribution is -0.387. The van der Waals surface area contributed by atoms with Crippen LogP contribution in [0.25, 0.3) is 0 Å². The van der Waals surface area contributed by atoms with Gasteiger partial charge in [0.2, 0.25) is 15.9 Å². The average Bonchev–Trinajstić information content (AvgIpc) is 2.84. The van der Waals surface area contributed by atoms with Gasteiger partial charge in [0.15, 0.2) is 4.90 Å². The second-order valence-electron chi connectivity index (χ2n) is 8.57. The minimum absolute atomic E-state index is 0.0410. The fourth-order valence-electron chi connectivity index (χ4n) is 4.97. The summed E-state index contributed by atoms with van der Waals surface area (Å²) in [5.41, 5.74) is -0.606. The Morgan fingerprint density at radius 3 is 2.27 bits per heavy atom. The number of halogens is 1. The van der Waals surface area contributed by atoms with E-state index >= 15 is 0 Å². The van der Waals surface area contributed by atoms with Gasteiger partial charge < -0.3 is 4.90 Å². The molecule has 0 unspecified atom stereocenters. The number of nitro groups is 1. The Kier molecular flexibility index (Phi) is 6.49. The number of sulfonamides is 1. The predicted molar refractivity (Wildman–Crippen MR) is 120 cm³/mol. The Hall–Kier alpha value is -2.85. The minimum Gasteiger partial charge on any atom is -0.339 e. The van der Waals surface area contributed by atoms with Gasteiger partial charge in [0, 0.05) is 32.2 Å². The summed E-state index contributed by atoms with van der Waals surface area (Å²) in [6.45, 7) is 0.435. The normalized spacial score (nSPS) is 19.2. The van der Waals surface area contributed by atoms with Crippen LogP contribution in [0.15, 0.2) is 53.4 Å². The maximum absolute atomic E-state index is 14.0. The number of nitrogens with zero attached hydrogens (tertiary/aromatic N) is 3. The van der Waals surface area contributed by atoms with Crippen LogP contribution in [0.1, 0.15) is 37.7 Å². The Balaban J connectivity index is 1.55. The number of para-hydroxylation sites is 1. The molecule has 1 heterocycles. The molecular formula is C23H26FN3O5S. The number of rotatable bonds is 5. The van der Waals surface area contributed by atoms with E-state index in [0.29, 0.717) is 18.4 Å². The van der Waals surface area contributed by atoms with Gasteiger partial charge in [-0.1, -0.05) is 43.5 Å². The van der Waals surface area contributed by atoms with Crippen molar-refractivity contribution in [2.24, 2.45) is 0 Å². The SMILES string of the molecule is O=C(N1CCN(S(=O)(=O)c2ccccc2[N+](=O)[O-])CC1)C1(c2cccc(F)c2)CCCCC1. The molecule has 0 aromatic heterocycles. The molecule has 0 atom stereocenters. The van der Waals surface area contributed by atoms with Crippen LogP contribution >= 0.6 is 0 Å². The Labute approximate surface area is 192 Å². The van der Waals surface area contributed by atoms with E-state index in [1.807, 2.05) is 0 Å². The van der Waals surface area contributed by atoms with Gasteiger partial charge in [-0.3, -0.25) is 14.9 Å². The number of carbonyl (C=O) groups is 1. The van der Waals surface area contributed by atoms with Crippen LogP contribution in [0.5, 0.6) is 0 Å². The molecule has 0 spiro atoms. The highest BCUT2D eigenvalue weighted by Gasteiger charge is 2.45. The number of nitro benzene ring substituents is 1. The van der Waals surface area contributed by atoms with Crippen molar-refractivity contribution >= 4 is 21.6 Å². The lowest BCUT2D eigenvalue weighted by Gasteiger charge is -2.43. The van der Waals surface area contributed by atoms with Crippen molar-refractivity contribution in [1.82, 2.24) is 9.21 Å². The first-order valence-electron chi connectivity index (χ1n) is 11.0. The van der Waals surface area contributed by atoms with Crippen molar-refractivity contribution in [2.75, 3.05) is 26.2 Å². The molecule has 2 aromatic carbocycles. The van der Waals surface area contributed by atoms with Crippen LogP contribution in [-0.2, 0) is 20.2 Å². The average molecular weight is 476 g/mol. The quantitative estimate of drug-likeness (QED) is 0.487. The minimum atomic E-state index is -4.08. The largest absolute Gasteiger partial charge is 0.339 e. The molecule has 2 aliphatic rings. The molecule has 33 heavy (non-hydrogen) atoms. The molecule has 2 aromatic rings.